The molecule has 3 heteroatoms. The molecule has 0 spiro atoms. The van der Waals surface area contributed by atoms with Crippen LogP contribution in [0.4, 0.5) is 0 Å². The number of hydrogen-bond donors (Lipinski definition) is 0. The molecular formula is C54H43N3. The number of nitrogens with zero attached hydrogens (tertiary/aromatic N) is 3. The van der Waals surface area contributed by atoms with E-state index < -0.39 is 0 Å². The van der Waals surface area contributed by atoms with Crippen LogP contribution >= 0.6 is 0 Å². The molecule has 274 valence electrons. The molecule has 0 N–H and O–H groups in total. The quantitative estimate of drug-likeness (QED) is 0.165. The lowest BCUT2D eigenvalue weighted by Crippen LogP contribution is -2.30. The molecule has 3 aliphatic carbocycles. The van der Waals surface area contributed by atoms with Gasteiger partial charge in [-0.05, 0) is 94.8 Å². The molecule has 1 heterocycles. The summed E-state index contributed by atoms with van der Waals surface area (Å²) >= 11 is 0. The van der Waals surface area contributed by atoms with E-state index in [9.17, 15) is 0 Å². The zero-order valence-corrected chi connectivity index (χ0v) is 32.6. The summed E-state index contributed by atoms with van der Waals surface area (Å²) in [5, 5.41) is 4.94. The minimum atomic E-state index is -0.111. The Hall–Kier alpha value is -6.71. The maximum absolute atomic E-state index is 5.27. The van der Waals surface area contributed by atoms with Gasteiger partial charge in [0.05, 0.1) is 0 Å². The lowest BCUT2D eigenvalue weighted by molar-refractivity contribution is 0.401. The van der Waals surface area contributed by atoms with Crippen LogP contribution in [0.3, 0.4) is 0 Å². The monoisotopic (exact) mass is 733 g/mol. The van der Waals surface area contributed by atoms with Gasteiger partial charge >= 0.3 is 0 Å². The van der Waals surface area contributed by atoms with E-state index in [1.807, 2.05) is 0 Å². The van der Waals surface area contributed by atoms with Crippen LogP contribution in [0.2, 0.25) is 0 Å². The van der Waals surface area contributed by atoms with Gasteiger partial charge in [-0.2, -0.15) is 0 Å². The zero-order valence-electron chi connectivity index (χ0n) is 32.6. The molecule has 10 rings (SSSR count). The maximum atomic E-state index is 5.27. The minimum Gasteiger partial charge on any atom is -0.208 e. The first kappa shape index (κ1) is 34.8. The van der Waals surface area contributed by atoms with E-state index in [1.54, 1.807) is 0 Å². The molecule has 0 saturated carbocycles. The van der Waals surface area contributed by atoms with Crippen LogP contribution < -0.4 is 0 Å². The highest BCUT2D eigenvalue weighted by Crippen LogP contribution is 2.53. The van der Waals surface area contributed by atoms with Crippen LogP contribution in [0.5, 0.6) is 0 Å². The number of rotatable bonds is 5. The summed E-state index contributed by atoms with van der Waals surface area (Å²) in [7, 11) is 0. The van der Waals surface area contributed by atoms with Gasteiger partial charge in [0.25, 0.3) is 0 Å². The molecule has 0 saturated heterocycles. The topological polar surface area (TPSA) is 38.7 Å². The minimum absolute atomic E-state index is 0.111. The van der Waals surface area contributed by atoms with Crippen molar-refractivity contribution in [3.8, 4) is 45.3 Å². The molecule has 0 bridgehead atoms. The molecular weight excluding hydrogens is 691 g/mol. The van der Waals surface area contributed by atoms with Crippen molar-refractivity contribution in [2.45, 2.75) is 33.6 Å². The first-order chi connectivity index (χ1) is 27.9. The molecule has 2 unspecified atom stereocenters. The summed E-state index contributed by atoms with van der Waals surface area (Å²) in [5.74, 6) is 2.20. The molecule has 3 nitrogen and oxygen atoms in total. The van der Waals surface area contributed by atoms with E-state index in [2.05, 4.69) is 197 Å². The third-order valence-electron chi connectivity index (χ3n) is 12.1. The first-order valence-corrected chi connectivity index (χ1v) is 20.0. The highest BCUT2D eigenvalue weighted by atomic mass is 15.0. The van der Waals surface area contributed by atoms with E-state index in [1.165, 1.54) is 60.5 Å². The molecule has 7 aromatic rings. The molecule has 0 amide bonds. The van der Waals surface area contributed by atoms with Crippen molar-refractivity contribution in [2.24, 2.45) is 11.3 Å². The predicted octanol–water partition coefficient (Wildman–Crippen LogP) is 13.8. The number of allylic oxidation sites excluding steroid dienone is 12. The van der Waals surface area contributed by atoms with Gasteiger partial charge in [-0.25, -0.2) is 15.0 Å². The van der Waals surface area contributed by atoms with E-state index in [0.717, 1.165) is 35.1 Å². The van der Waals surface area contributed by atoms with Crippen LogP contribution in [0.25, 0.3) is 72.4 Å². The second-order valence-electron chi connectivity index (χ2n) is 15.9. The Morgan fingerprint density at radius 3 is 1.82 bits per heavy atom. The van der Waals surface area contributed by atoms with Crippen molar-refractivity contribution in [3.05, 3.63) is 204 Å². The van der Waals surface area contributed by atoms with E-state index in [0.29, 0.717) is 17.5 Å². The average Bonchev–Trinajstić information content (AvgIpc) is 3.62. The standard InChI is InChI=1S/C54H43N3/c1-35-21-25-37(26-22-35)51-55-52(38-27-23-36(2)24-28-38)57-53(56-51)42-31-40(48-33-39-14-9-10-16-44(39)45-17-11-12-18-46(45)48)30-41(32-42)49-34-43-15-6-5-13-29-54(43,3)50-20-8-4-7-19-47(49)50/h4-14,16-18,20-34,50H,15,19H2,1-3H3. The first-order valence-electron chi connectivity index (χ1n) is 20.0. The number of fused-ring (bicyclic) bond motifs is 6. The highest BCUT2D eigenvalue weighted by molar-refractivity contribution is 6.14. The average molecular weight is 734 g/mol. The Balaban J connectivity index is 1.27. The van der Waals surface area contributed by atoms with E-state index in [4.69, 9.17) is 15.0 Å². The molecule has 0 radical (unpaired) electrons. The largest absolute Gasteiger partial charge is 0.208 e. The lowest BCUT2D eigenvalue weighted by atomic mass is 9.62. The van der Waals surface area contributed by atoms with Crippen LogP contribution in [0.15, 0.2) is 187 Å². The molecule has 0 aliphatic heterocycles. The Morgan fingerprint density at radius 2 is 1.11 bits per heavy atom. The highest BCUT2D eigenvalue weighted by Gasteiger charge is 2.40. The number of aryl methyl sites for hydroxylation is 2. The lowest BCUT2D eigenvalue weighted by Gasteiger charge is -2.41. The Morgan fingerprint density at radius 1 is 0.526 bits per heavy atom. The summed E-state index contributed by atoms with van der Waals surface area (Å²) in [6, 6.07) is 43.8. The third-order valence-corrected chi connectivity index (χ3v) is 12.1. The molecule has 6 aromatic carbocycles. The molecule has 3 aliphatic rings. The Kier molecular flexibility index (Phi) is 8.60. The maximum Gasteiger partial charge on any atom is 0.164 e. The summed E-state index contributed by atoms with van der Waals surface area (Å²) in [5.41, 5.74) is 12.8. The van der Waals surface area contributed by atoms with Crippen LogP contribution in [-0.2, 0) is 0 Å². The third kappa shape index (κ3) is 6.30. The fraction of sp³-hybridized carbons (Fsp3) is 0.130. The summed E-state index contributed by atoms with van der Waals surface area (Å²) in [4.78, 5) is 15.6. The van der Waals surface area contributed by atoms with Crippen molar-refractivity contribution >= 4 is 27.1 Å². The second kappa shape index (κ2) is 14.1. The summed E-state index contributed by atoms with van der Waals surface area (Å²) in [6.45, 7) is 6.62. The van der Waals surface area contributed by atoms with Gasteiger partial charge in [0, 0.05) is 28.0 Å². The fourth-order valence-electron chi connectivity index (χ4n) is 8.97. The van der Waals surface area contributed by atoms with Crippen molar-refractivity contribution in [3.63, 3.8) is 0 Å². The van der Waals surface area contributed by atoms with Crippen LogP contribution in [0.1, 0.15) is 36.5 Å². The van der Waals surface area contributed by atoms with Crippen molar-refractivity contribution in [1.82, 2.24) is 15.0 Å². The molecule has 1 aromatic heterocycles. The van der Waals surface area contributed by atoms with Gasteiger partial charge in [-0.3, -0.25) is 0 Å². The van der Waals surface area contributed by atoms with Gasteiger partial charge in [0.1, 0.15) is 0 Å². The Bertz CT molecular complexity index is 2850. The van der Waals surface area contributed by atoms with Gasteiger partial charge in [0.15, 0.2) is 17.5 Å². The second-order valence-corrected chi connectivity index (χ2v) is 15.9. The van der Waals surface area contributed by atoms with Crippen molar-refractivity contribution in [2.75, 3.05) is 0 Å². The van der Waals surface area contributed by atoms with Gasteiger partial charge in [0.2, 0.25) is 0 Å². The number of hydrogen-bond acceptors (Lipinski definition) is 3. The molecule has 57 heavy (non-hydrogen) atoms. The van der Waals surface area contributed by atoms with Gasteiger partial charge in [-0.1, -0.05) is 181 Å². The Labute approximate surface area is 334 Å². The molecule has 0 fully saturated rings. The smallest absolute Gasteiger partial charge is 0.164 e. The number of benzene rings is 6. The van der Waals surface area contributed by atoms with Crippen LogP contribution in [-0.4, -0.2) is 15.0 Å². The fourth-order valence-corrected chi connectivity index (χ4v) is 8.97. The van der Waals surface area contributed by atoms with Gasteiger partial charge in [-0.15, -0.1) is 0 Å². The van der Waals surface area contributed by atoms with Crippen molar-refractivity contribution in [1.29, 1.82) is 0 Å². The van der Waals surface area contributed by atoms with Crippen LogP contribution in [0, 0.1) is 25.2 Å². The van der Waals surface area contributed by atoms with E-state index in [-0.39, 0.29) is 11.3 Å². The predicted molar refractivity (Wildman–Crippen MR) is 238 cm³/mol. The summed E-state index contributed by atoms with van der Waals surface area (Å²) < 4.78 is 0. The van der Waals surface area contributed by atoms with E-state index >= 15 is 0 Å². The normalized spacial score (nSPS) is 18.6. The van der Waals surface area contributed by atoms with Gasteiger partial charge < -0.3 is 0 Å². The SMILES string of the molecule is Cc1ccc(-c2nc(-c3ccc(C)cc3)nc(-c3cc(C4=C5CC=CC=CC5C5(C)C=CC=CCC5=C4)cc(-c4cc5ccccc5c5ccccc45)c3)n2)cc1. The van der Waals surface area contributed by atoms with Crippen molar-refractivity contribution < 1.29 is 0 Å². The molecule has 2 atom stereocenters. The summed E-state index contributed by atoms with van der Waals surface area (Å²) in [6.07, 6.45) is 22.6. The number of aromatic nitrogens is 3. The zero-order chi connectivity index (χ0) is 38.5.